The van der Waals surface area contributed by atoms with Gasteiger partial charge < -0.3 is 10.1 Å². The van der Waals surface area contributed by atoms with Gasteiger partial charge in [-0.3, -0.25) is 15.0 Å². The number of nitro groups is 1. The summed E-state index contributed by atoms with van der Waals surface area (Å²) in [5.74, 6) is 0.155. The minimum absolute atomic E-state index is 0.143. The van der Waals surface area contributed by atoms with E-state index in [4.69, 9.17) is 0 Å². The molecule has 1 aromatic carbocycles. The molecule has 2 N–H and O–H groups in total. The second-order valence-corrected chi connectivity index (χ2v) is 6.84. The third-order valence-electron chi connectivity index (χ3n) is 5.89. The molecule has 2 aliphatic heterocycles. The van der Waals surface area contributed by atoms with Gasteiger partial charge in [-0.25, -0.2) is 0 Å². The second-order valence-electron chi connectivity index (χ2n) is 6.84. The number of nitrogens with one attached hydrogen (secondary N) is 1. The highest BCUT2D eigenvalue weighted by atomic mass is 16.6. The average molecular weight is 315 g/mol. The highest BCUT2D eigenvalue weighted by Gasteiger charge is 2.48. The van der Waals surface area contributed by atoms with Crippen LogP contribution < -0.4 is 0 Å². The number of nitrogens with zero attached hydrogens (tertiary/aromatic N) is 2. The molecule has 6 heteroatoms. The number of aliphatic hydroxyl groups is 1. The van der Waals surface area contributed by atoms with Crippen molar-refractivity contribution in [3.05, 3.63) is 39.6 Å². The normalized spacial score (nSPS) is 27.7. The fraction of sp³-hybridized carbons (Fsp3) is 0.529. The largest absolute Gasteiger partial charge is 0.396 e. The van der Waals surface area contributed by atoms with Crippen LogP contribution in [0.3, 0.4) is 0 Å². The van der Waals surface area contributed by atoms with Crippen molar-refractivity contribution < 1.29 is 10.0 Å². The van der Waals surface area contributed by atoms with Crippen LogP contribution in [0.25, 0.3) is 10.9 Å². The number of aromatic amines is 1. The molecule has 0 unspecified atom stereocenters. The summed E-state index contributed by atoms with van der Waals surface area (Å²) in [6.45, 7) is 4.22. The number of aromatic nitrogens is 1. The van der Waals surface area contributed by atoms with E-state index < -0.39 is 0 Å². The van der Waals surface area contributed by atoms with E-state index in [1.54, 1.807) is 12.1 Å². The Morgan fingerprint density at radius 1 is 1.48 bits per heavy atom. The van der Waals surface area contributed by atoms with Crippen LogP contribution >= 0.6 is 0 Å². The quantitative estimate of drug-likeness (QED) is 0.659. The fourth-order valence-electron chi connectivity index (χ4n) is 4.65. The fourth-order valence-corrected chi connectivity index (χ4v) is 4.65. The van der Waals surface area contributed by atoms with E-state index >= 15 is 0 Å². The molecule has 2 aromatic rings. The van der Waals surface area contributed by atoms with Gasteiger partial charge in [-0.1, -0.05) is 6.07 Å². The van der Waals surface area contributed by atoms with Gasteiger partial charge in [-0.05, 0) is 44.4 Å². The Bertz CT molecular complexity index is 785. The molecule has 0 aliphatic carbocycles. The summed E-state index contributed by atoms with van der Waals surface area (Å²) in [5, 5.41) is 22.1. The Balaban J connectivity index is 1.99. The van der Waals surface area contributed by atoms with Gasteiger partial charge in [0, 0.05) is 30.8 Å². The van der Waals surface area contributed by atoms with Gasteiger partial charge in [0.15, 0.2) is 0 Å². The van der Waals surface area contributed by atoms with Crippen LogP contribution in [0.15, 0.2) is 18.2 Å². The Morgan fingerprint density at radius 2 is 2.30 bits per heavy atom. The molecule has 0 saturated carbocycles. The number of rotatable bonds is 2. The molecular weight excluding hydrogens is 294 g/mol. The van der Waals surface area contributed by atoms with Crippen molar-refractivity contribution in [1.29, 1.82) is 0 Å². The zero-order chi connectivity index (χ0) is 16.2. The molecule has 2 aliphatic rings. The van der Waals surface area contributed by atoms with Crippen molar-refractivity contribution in [2.45, 2.75) is 31.7 Å². The van der Waals surface area contributed by atoms with E-state index in [1.807, 2.05) is 6.07 Å². The molecule has 0 bridgehead atoms. The maximum absolute atomic E-state index is 11.4. The van der Waals surface area contributed by atoms with Gasteiger partial charge in [0.2, 0.25) is 0 Å². The lowest BCUT2D eigenvalue weighted by Gasteiger charge is -2.52. The summed E-state index contributed by atoms with van der Waals surface area (Å²) in [4.78, 5) is 17.0. The Labute approximate surface area is 134 Å². The molecule has 1 aromatic heterocycles. The number of hydrogen-bond donors (Lipinski definition) is 2. The average Bonchev–Trinajstić information content (AvgIpc) is 2.93. The van der Waals surface area contributed by atoms with Crippen LogP contribution in [0, 0.1) is 16.0 Å². The van der Waals surface area contributed by atoms with Crippen LogP contribution in [0.1, 0.15) is 31.0 Å². The lowest BCUT2D eigenvalue weighted by atomic mass is 9.72. The number of nitro benzene ring substituents is 1. The standard InChI is InChI=1S/C17H21N3O3/c1-17-11(10-21)4-3-8-19(17)9-7-12-15-13(18-16(12)17)5-2-6-14(15)20(22)23/h2,5-6,11,18,21H,3-4,7-10H2,1H3/t11-,17+/m0/s1. The minimum atomic E-state index is -0.296. The van der Waals surface area contributed by atoms with E-state index in [0.29, 0.717) is 0 Å². The third kappa shape index (κ3) is 1.88. The third-order valence-corrected chi connectivity index (χ3v) is 5.89. The lowest BCUT2D eigenvalue weighted by Crippen LogP contribution is -2.57. The van der Waals surface area contributed by atoms with E-state index in [-0.39, 0.29) is 28.7 Å². The van der Waals surface area contributed by atoms with Gasteiger partial charge in [-0.15, -0.1) is 0 Å². The Hall–Kier alpha value is -1.92. The first-order chi connectivity index (χ1) is 11.1. The van der Waals surface area contributed by atoms with Crippen molar-refractivity contribution in [2.24, 2.45) is 5.92 Å². The molecule has 2 atom stereocenters. The van der Waals surface area contributed by atoms with Crippen LogP contribution in [-0.2, 0) is 12.0 Å². The van der Waals surface area contributed by atoms with E-state index in [9.17, 15) is 15.2 Å². The van der Waals surface area contributed by atoms with Gasteiger partial charge in [0.1, 0.15) is 0 Å². The minimum Gasteiger partial charge on any atom is -0.396 e. The van der Waals surface area contributed by atoms with Crippen LogP contribution in [0.2, 0.25) is 0 Å². The summed E-state index contributed by atoms with van der Waals surface area (Å²) in [7, 11) is 0. The van der Waals surface area contributed by atoms with Crippen molar-refractivity contribution in [2.75, 3.05) is 19.7 Å². The maximum atomic E-state index is 11.4. The molecule has 6 nitrogen and oxygen atoms in total. The van der Waals surface area contributed by atoms with E-state index in [2.05, 4.69) is 16.8 Å². The Morgan fingerprint density at radius 3 is 3.04 bits per heavy atom. The van der Waals surface area contributed by atoms with Crippen LogP contribution in [0.5, 0.6) is 0 Å². The summed E-state index contributed by atoms with van der Waals surface area (Å²) < 4.78 is 0. The molecule has 0 radical (unpaired) electrons. The van der Waals surface area contributed by atoms with Gasteiger partial charge in [0.25, 0.3) is 5.69 Å². The maximum Gasteiger partial charge on any atom is 0.279 e. The van der Waals surface area contributed by atoms with Crippen LogP contribution in [-0.4, -0.2) is 39.6 Å². The van der Waals surface area contributed by atoms with Crippen molar-refractivity contribution in [1.82, 2.24) is 9.88 Å². The highest BCUT2D eigenvalue weighted by Crippen LogP contribution is 2.48. The molecule has 1 fully saturated rings. The second kappa shape index (κ2) is 5.04. The molecule has 122 valence electrons. The number of hydrogen-bond acceptors (Lipinski definition) is 4. The summed E-state index contributed by atoms with van der Waals surface area (Å²) in [6, 6.07) is 5.22. The Kier molecular flexibility index (Phi) is 3.21. The molecule has 1 saturated heterocycles. The predicted octanol–water partition coefficient (Wildman–Crippen LogP) is 2.55. The molecular formula is C17H21N3O3. The van der Waals surface area contributed by atoms with Crippen molar-refractivity contribution in [3.63, 3.8) is 0 Å². The van der Waals surface area contributed by atoms with E-state index in [1.165, 1.54) is 0 Å². The van der Waals surface area contributed by atoms with Crippen molar-refractivity contribution in [3.8, 4) is 0 Å². The zero-order valence-electron chi connectivity index (χ0n) is 13.2. The first-order valence-electron chi connectivity index (χ1n) is 8.21. The van der Waals surface area contributed by atoms with Crippen LogP contribution in [0.4, 0.5) is 5.69 Å². The zero-order valence-corrected chi connectivity index (χ0v) is 13.2. The first kappa shape index (κ1) is 14.7. The number of aliphatic hydroxyl groups excluding tert-OH is 1. The molecule has 3 heterocycles. The predicted molar refractivity (Wildman–Crippen MR) is 87.4 cm³/mol. The summed E-state index contributed by atoms with van der Waals surface area (Å²) in [5.41, 5.74) is 2.86. The molecule has 4 rings (SSSR count). The topological polar surface area (TPSA) is 82.4 Å². The lowest BCUT2D eigenvalue weighted by molar-refractivity contribution is -0.383. The van der Waals surface area contributed by atoms with Gasteiger partial charge in [-0.2, -0.15) is 0 Å². The molecule has 23 heavy (non-hydrogen) atoms. The molecule has 0 spiro atoms. The van der Waals surface area contributed by atoms with Gasteiger partial charge >= 0.3 is 0 Å². The van der Waals surface area contributed by atoms with Gasteiger partial charge in [0.05, 0.1) is 21.4 Å². The first-order valence-corrected chi connectivity index (χ1v) is 8.21. The molecule has 0 amide bonds. The van der Waals surface area contributed by atoms with E-state index in [0.717, 1.165) is 54.5 Å². The van der Waals surface area contributed by atoms with Crippen molar-refractivity contribution >= 4 is 16.6 Å². The number of H-pyrrole nitrogens is 1. The number of non-ortho nitro benzene ring substituents is 1. The smallest absolute Gasteiger partial charge is 0.279 e. The highest BCUT2D eigenvalue weighted by molar-refractivity contribution is 5.93. The monoisotopic (exact) mass is 315 g/mol. The number of benzene rings is 1. The number of piperidine rings is 1. The summed E-state index contributed by atoms with van der Waals surface area (Å²) >= 11 is 0. The summed E-state index contributed by atoms with van der Waals surface area (Å²) in [6.07, 6.45) is 2.89. The SMILES string of the molecule is C[C@@]12c3[nH]c4cccc([N+](=O)[O-])c4c3CCN1CCC[C@H]2CO. The number of fused-ring (bicyclic) bond motifs is 5.